The highest BCUT2D eigenvalue weighted by Crippen LogP contribution is 2.51. The first-order chi connectivity index (χ1) is 12.9. The van der Waals surface area contributed by atoms with E-state index in [1.54, 1.807) is 6.33 Å². The van der Waals surface area contributed by atoms with Gasteiger partial charge in [-0.3, -0.25) is 0 Å². The van der Waals surface area contributed by atoms with Crippen LogP contribution in [0.2, 0.25) is 0 Å². The summed E-state index contributed by atoms with van der Waals surface area (Å²) in [7, 11) is 0. The standard InChI is InChI=1S/C25H22N2/c1-15-9-16(2)11-19(10-15)23-22-20-12-17-7-5-6-8-18(17)13-21(20)25(3,4)24(22)27-14-26-23/h5-14H,1-4H3. The summed E-state index contributed by atoms with van der Waals surface area (Å²) in [6.07, 6.45) is 1.72. The molecular weight excluding hydrogens is 328 g/mol. The molecular formula is C25H22N2. The predicted octanol–water partition coefficient (Wildman–Crippen LogP) is 6.22. The van der Waals surface area contributed by atoms with Crippen molar-refractivity contribution in [3.8, 4) is 22.4 Å². The lowest BCUT2D eigenvalue weighted by Gasteiger charge is -2.20. The number of rotatable bonds is 1. The van der Waals surface area contributed by atoms with Crippen molar-refractivity contribution in [3.05, 3.63) is 83.3 Å². The van der Waals surface area contributed by atoms with Gasteiger partial charge in [0.25, 0.3) is 0 Å². The summed E-state index contributed by atoms with van der Waals surface area (Å²) in [5.41, 5.74) is 9.50. The summed E-state index contributed by atoms with van der Waals surface area (Å²) in [5, 5.41) is 2.54. The average molecular weight is 350 g/mol. The van der Waals surface area contributed by atoms with Crippen LogP contribution in [0.5, 0.6) is 0 Å². The summed E-state index contributed by atoms with van der Waals surface area (Å²) >= 11 is 0. The summed E-state index contributed by atoms with van der Waals surface area (Å²) in [6.45, 7) is 8.82. The van der Waals surface area contributed by atoms with Crippen molar-refractivity contribution in [2.24, 2.45) is 0 Å². The van der Waals surface area contributed by atoms with E-state index in [2.05, 4.69) is 82.3 Å². The first-order valence-corrected chi connectivity index (χ1v) is 9.43. The van der Waals surface area contributed by atoms with E-state index in [0.29, 0.717) is 0 Å². The molecule has 5 rings (SSSR count). The Morgan fingerprint density at radius 2 is 1.44 bits per heavy atom. The van der Waals surface area contributed by atoms with E-state index < -0.39 is 0 Å². The van der Waals surface area contributed by atoms with Gasteiger partial charge in [0.05, 0.1) is 11.4 Å². The second-order valence-electron chi connectivity index (χ2n) is 8.19. The monoisotopic (exact) mass is 350 g/mol. The fraction of sp³-hybridized carbons (Fsp3) is 0.200. The Morgan fingerprint density at radius 3 is 2.15 bits per heavy atom. The number of benzene rings is 3. The number of hydrogen-bond acceptors (Lipinski definition) is 2. The van der Waals surface area contributed by atoms with E-state index in [0.717, 1.165) is 11.4 Å². The zero-order valence-corrected chi connectivity index (χ0v) is 16.2. The fourth-order valence-electron chi connectivity index (χ4n) is 4.54. The molecule has 0 radical (unpaired) electrons. The van der Waals surface area contributed by atoms with Gasteiger partial charge in [-0.05, 0) is 60.0 Å². The summed E-state index contributed by atoms with van der Waals surface area (Å²) < 4.78 is 0. The SMILES string of the molecule is Cc1cc(C)cc(-c2ncnc3c2-c2cc4ccccc4cc2C3(C)C)c1. The Bertz CT molecular complexity index is 1200. The van der Waals surface area contributed by atoms with E-state index in [1.165, 1.54) is 44.2 Å². The molecule has 0 saturated carbocycles. The number of hydrogen-bond donors (Lipinski definition) is 0. The molecule has 0 spiro atoms. The van der Waals surface area contributed by atoms with Gasteiger partial charge in [-0.15, -0.1) is 0 Å². The maximum absolute atomic E-state index is 4.74. The molecule has 0 amide bonds. The van der Waals surface area contributed by atoms with Crippen molar-refractivity contribution < 1.29 is 0 Å². The molecule has 0 bridgehead atoms. The van der Waals surface area contributed by atoms with Gasteiger partial charge in [-0.1, -0.05) is 55.3 Å². The topological polar surface area (TPSA) is 25.8 Å². The molecule has 2 heteroatoms. The van der Waals surface area contributed by atoms with Gasteiger partial charge in [0.15, 0.2) is 0 Å². The summed E-state index contributed by atoms with van der Waals surface area (Å²) in [6, 6.07) is 19.9. The van der Waals surface area contributed by atoms with Crippen LogP contribution >= 0.6 is 0 Å². The molecule has 1 aliphatic carbocycles. The number of nitrogens with zero attached hydrogens (tertiary/aromatic N) is 2. The smallest absolute Gasteiger partial charge is 0.116 e. The van der Waals surface area contributed by atoms with Crippen molar-refractivity contribution in [2.75, 3.05) is 0 Å². The second-order valence-corrected chi connectivity index (χ2v) is 8.19. The average Bonchev–Trinajstić information content (AvgIpc) is 2.87. The van der Waals surface area contributed by atoms with Crippen LogP contribution in [-0.4, -0.2) is 9.97 Å². The van der Waals surface area contributed by atoms with Crippen LogP contribution in [0, 0.1) is 13.8 Å². The number of fused-ring (bicyclic) bond motifs is 4. The molecule has 4 aromatic rings. The number of aromatic nitrogens is 2. The van der Waals surface area contributed by atoms with Crippen LogP contribution in [0.15, 0.2) is 60.9 Å². The molecule has 1 heterocycles. The lowest BCUT2D eigenvalue weighted by atomic mass is 9.84. The Morgan fingerprint density at radius 1 is 0.778 bits per heavy atom. The third-order valence-electron chi connectivity index (χ3n) is 5.76. The van der Waals surface area contributed by atoms with Crippen LogP contribution in [0.25, 0.3) is 33.2 Å². The van der Waals surface area contributed by atoms with Gasteiger partial charge in [-0.25, -0.2) is 9.97 Å². The van der Waals surface area contributed by atoms with Crippen molar-refractivity contribution >= 4 is 10.8 Å². The third-order valence-corrected chi connectivity index (χ3v) is 5.76. The fourth-order valence-corrected chi connectivity index (χ4v) is 4.54. The number of aryl methyl sites for hydroxylation is 2. The van der Waals surface area contributed by atoms with Crippen LogP contribution in [0.1, 0.15) is 36.2 Å². The molecule has 132 valence electrons. The van der Waals surface area contributed by atoms with Crippen LogP contribution in [0.3, 0.4) is 0 Å². The third kappa shape index (κ3) is 2.33. The van der Waals surface area contributed by atoms with Crippen molar-refractivity contribution in [1.29, 1.82) is 0 Å². The molecule has 0 fully saturated rings. The van der Waals surface area contributed by atoms with Gasteiger partial charge in [-0.2, -0.15) is 0 Å². The highest BCUT2D eigenvalue weighted by Gasteiger charge is 2.39. The van der Waals surface area contributed by atoms with Crippen LogP contribution < -0.4 is 0 Å². The predicted molar refractivity (Wildman–Crippen MR) is 112 cm³/mol. The highest BCUT2D eigenvalue weighted by molar-refractivity contribution is 5.96. The Labute approximate surface area is 159 Å². The van der Waals surface area contributed by atoms with Gasteiger partial charge >= 0.3 is 0 Å². The maximum atomic E-state index is 4.74. The van der Waals surface area contributed by atoms with Gasteiger partial charge in [0, 0.05) is 16.5 Å². The molecule has 0 atom stereocenters. The molecule has 0 N–H and O–H groups in total. The minimum absolute atomic E-state index is 0.134. The van der Waals surface area contributed by atoms with E-state index in [-0.39, 0.29) is 5.41 Å². The normalized spacial score (nSPS) is 14.2. The Kier molecular flexibility index (Phi) is 3.30. The van der Waals surface area contributed by atoms with E-state index in [4.69, 9.17) is 9.97 Å². The van der Waals surface area contributed by atoms with Crippen molar-refractivity contribution in [2.45, 2.75) is 33.1 Å². The highest BCUT2D eigenvalue weighted by atomic mass is 14.9. The first-order valence-electron chi connectivity index (χ1n) is 9.43. The second kappa shape index (κ2) is 5.50. The molecule has 0 aliphatic heterocycles. The molecule has 3 aromatic carbocycles. The molecule has 27 heavy (non-hydrogen) atoms. The van der Waals surface area contributed by atoms with Crippen LogP contribution in [0.4, 0.5) is 0 Å². The quantitative estimate of drug-likeness (QED) is 0.407. The van der Waals surface area contributed by atoms with Crippen LogP contribution in [-0.2, 0) is 5.41 Å². The summed E-state index contributed by atoms with van der Waals surface area (Å²) in [4.78, 5) is 9.47. The minimum atomic E-state index is -0.134. The molecule has 0 unspecified atom stereocenters. The Balaban J connectivity index is 1.87. The lowest BCUT2D eigenvalue weighted by Crippen LogP contribution is -2.17. The largest absolute Gasteiger partial charge is 0.240 e. The zero-order valence-electron chi connectivity index (χ0n) is 16.2. The minimum Gasteiger partial charge on any atom is -0.240 e. The molecule has 2 nitrogen and oxygen atoms in total. The van der Waals surface area contributed by atoms with Crippen molar-refractivity contribution in [3.63, 3.8) is 0 Å². The molecule has 1 aromatic heterocycles. The van der Waals surface area contributed by atoms with E-state index in [1.807, 2.05) is 0 Å². The lowest BCUT2D eigenvalue weighted by molar-refractivity contribution is 0.635. The first kappa shape index (κ1) is 16.2. The van der Waals surface area contributed by atoms with E-state index >= 15 is 0 Å². The van der Waals surface area contributed by atoms with E-state index in [9.17, 15) is 0 Å². The summed E-state index contributed by atoms with van der Waals surface area (Å²) in [5.74, 6) is 0. The van der Waals surface area contributed by atoms with Gasteiger partial charge in [0.2, 0.25) is 0 Å². The van der Waals surface area contributed by atoms with Gasteiger partial charge in [0.1, 0.15) is 6.33 Å². The molecule has 1 aliphatic rings. The van der Waals surface area contributed by atoms with Crippen molar-refractivity contribution in [1.82, 2.24) is 9.97 Å². The maximum Gasteiger partial charge on any atom is 0.116 e. The molecule has 0 saturated heterocycles. The zero-order chi connectivity index (χ0) is 18.8. The van der Waals surface area contributed by atoms with Gasteiger partial charge < -0.3 is 0 Å². The Hall–Kier alpha value is -3.00.